The number of alkyl halides is 1. The molecule has 4 rings (SSSR count). The number of nitrogens with zero attached hydrogens (tertiary/aromatic N) is 4. The van der Waals surface area contributed by atoms with Crippen molar-refractivity contribution >= 4 is 28.5 Å². The Hall–Kier alpha value is -4.04. The Kier molecular flexibility index (Phi) is 7.40. The Labute approximate surface area is 213 Å². The van der Waals surface area contributed by atoms with Gasteiger partial charge in [-0.15, -0.1) is 0 Å². The first kappa shape index (κ1) is 26.0. The van der Waals surface area contributed by atoms with Gasteiger partial charge in [0, 0.05) is 42.0 Å². The van der Waals surface area contributed by atoms with Gasteiger partial charge in [0.2, 0.25) is 5.91 Å². The second kappa shape index (κ2) is 10.5. The SMILES string of the molecule is CC(C)(O)C(F)CNC(=O)c1cnc(-n2ccc3cc(C#N)cnc32)cc1NC1CCC(C(N)=O)CC1. The Balaban J connectivity index is 1.63. The zero-order valence-corrected chi connectivity index (χ0v) is 20.7. The smallest absolute Gasteiger partial charge is 0.255 e. The highest BCUT2D eigenvalue weighted by Crippen LogP contribution is 2.29. The molecule has 1 fully saturated rings. The van der Waals surface area contributed by atoms with Crippen LogP contribution in [0.5, 0.6) is 0 Å². The van der Waals surface area contributed by atoms with Crippen LogP contribution in [-0.2, 0) is 4.79 Å². The highest BCUT2D eigenvalue weighted by atomic mass is 19.1. The minimum atomic E-state index is -1.65. The summed E-state index contributed by atoms with van der Waals surface area (Å²) in [6, 6.07) is 7.34. The number of hydrogen-bond donors (Lipinski definition) is 4. The normalized spacial score (nSPS) is 18.7. The summed E-state index contributed by atoms with van der Waals surface area (Å²) in [7, 11) is 0. The molecule has 5 N–H and O–H groups in total. The predicted molar refractivity (Wildman–Crippen MR) is 136 cm³/mol. The lowest BCUT2D eigenvalue weighted by atomic mass is 9.85. The number of anilines is 1. The van der Waals surface area contributed by atoms with Gasteiger partial charge in [-0.25, -0.2) is 14.4 Å². The second-order valence-corrected chi connectivity index (χ2v) is 9.95. The molecule has 2 amide bonds. The maximum atomic E-state index is 14.2. The van der Waals surface area contributed by atoms with Crippen LogP contribution >= 0.6 is 0 Å². The number of rotatable bonds is 8. The standard InChI is InChI=1S/C26H30FN7O3/c1-26(2,37)21(27)14-32-25(36)19-13-30-22(34-8-7-17-9-15(11-28)12-31-24(17)34)10-20(19)33-18-5-3-16(4-6-18)23(29)35/h7-10,12-13,16,18,21,37H,3-6,14H2,1-2H3,(H2,29,35)(H,30,33)(H,32,36). The van der Waals surface area contributed by atoms with Gasteiger partial charge < -0.3 is 21.5 Å². The van der Waals surface area contributed by atoms with Crippen LogP contribution in [0.15, 0.2) is 36.8 Å². The number of nitrogens with one attached hydrogen (secondary N) is 2. The van der Waals surface area contributed by atoms with Crippen molar-refractivity contribution in [1.29, 1.82) is 5.26 Å². The van der Waals surface area contributed by atoms with Gasteiger partial charge in [0.25, 0.3) is 5.91 Å². The molecule has 11 heteroatoms. The van der Waals surface area contributed by atoms with Gasteiger partial charge in [0.15, 0.2) is 0 Å². The van der Waals surface area contributed by atoms with Gasteiger partial charge in [-0.3, -0.25) is 14.2 Å². The highest BCUT2D eigenvalue weighted by molar-refractivity contribution is 5.99. The van der Waals surface area contributed by atoms with Crippen molar-refractivity contribution in [1.82, 2.24) is 19.9 Å². The van der Waals surface area contributed by atoms with Crippen molar-refractivity contribution in [2.24, 2.45) is 11.7 Å². The van der Waals surface area contributed by atoms with Gasteiger partial charge in [-0.05, 0) is 51.7 Å². The summed E-state index contributed by atoms with van der Waals surface area (Å²) in [5.74, 6) is -0.498. The molecule has 0 bridgehead atoms. The van der Waals surface area contributed by atoms with Crippen LogP contribution in [0.1, 0.15) is 55.5 Å². The number of hydrogen-bond acceptors (Lipinski definition) is 7. The first-order valence-electron chi connectivity index (χ1n) is 12.1. The summed E-state index contributed by atoms with van der Waals surface area (Å²) < 4.78 is 16.0. The van der Waals surface area contributed by atoms with Gasteiger partial charge in [0.1, 0.15) is 23.7 Å². The minimum Gasteiger partial charge on any atom is -0.387 e. The van der Waals surface area contributed by atoms with E-state index in [1.165, 1.54) is 26.2 Å². The number of carbonyl (C=O) groups excluding carboxylic acids is 2. The molecular formula is C26H30FN7O3. The average molecular weight is 508 g/mol. The number of amides is 2. The number of nitrogens with two attached hydrogens (primary N) is 1. The van der Waals surface area contributed by atoms with Gasteiger partial charge in [0.05, 0.1) is 29.0 Å². The molecule has 194 valence electrons. The van der Waals surface area contributed by atoms with E-state index in [4.69, 9.17) is 11.0 Å². The van der Waals surface area contributed by atoms with Crippen LogP contribution in [0.2, 0.25) is 0 Å². The summed E-state index contributed by atoms with van der Waals surface area (Å²) in [5, 5.41) is 25.7. The van der Waals surface area contributed by atoms with Crippen molar-refractivity contribution < 1.29 is 19.1 Å². The molecule has 1 aliphatic carbocycles. The largest absolute Gasteiger partial charge is 0.387 e. The molecule has 1 aliphatic rings. The summed E-state index contributed by atoms with van der Waals surface area (Å²) >= 11 is 0. The molecule has 10 nitrogen and oxygen atoms in total. The number of aromatic nitrogens is 3. The minimum absolute atomic E-state index is 0.000386. The molecule has 37 heavy (non-hydrogen) atoms. The number of nitriles is 1. The fraction of sp³-hybridized carbons (Fsp3) is 0.423. The predicted octanol–water partition coefficient (Wildman–Crippen LogP) is 2.59. The van der Waals surface area contributed by atoms with E-state index in [2.05, 4.69) is 26.7 Å². The quantitative estimate of drug-likeness (QED) is 0.365. The molecule has 1 saturated carbocycles. The monoisotopic (exact) mass is 507 g/mol. The molecule has 3 heterocycles. The van der Waals surface area contributed by atoms with Gasteiger partial charge in [-0.2, -0.15) is 5.26 Å². The van der Waals surface area contributed by atoms with Crippen LogP contribution in [0, 0.1) is 17.2 Å². The maximum absolute atomic E-state index is 14.2. The molecule has 1 atom stereocenters. The second-order valence-electron chi connectivity index (χ2n) is 9.95. The van der Waals surface area contributed by atoms with Crippen molar-refractivity contribution in [3.63, 3.8) is 0 Å². The highest BCUT2D eigenvalue weighted by Gasteiger charge is 2.28. The first-order valence-corrected chi connectivity index (χ1v) is 12.1. The van der Waals surface area contributed by atoms with E-state index < -0.39 is 17.7 Å². The van der Waals surface area contributed by atoms with Crippen LogP contribution in [-0.4, -0.2) is 55.8 Å². The molecule has 0 aromatic carbocycles. The Morgan fingerprint density at radius 1 is 1.27 bits per heavy atom. The van der Waals surface area contributed by atoms with E-state index in [-0.39, 0.29) is 30.0 Å². The van der Waals surface area contributed by atoms with Gasteiger partial charge >= 0.3 is 0 Å². The number of primary amides is 1. The molecule has 0 saturated heterocycles. The first-order chi connectivity index (χ1) is 17.6. The van der Waals surface area contributed by atoms with Gasteiger partial charge in [-0.1, -0.05) is 0 Å². The van der Waals surface area contributed by atoms with E-state index in [1.54, 1.807) is 22.9 Å². The lowest BCUT2D eigenvalue weighted by molar-refractivity contribution is -0.122. The molecular weight excluding hydrogens is 477 g/mol. The van der Waals surface area contributed by atoms with Crippen molar-refractivity contribution in [2.75, 3.05) is 11.9 Å². The number of halogens is 1. The van der Waals surface area contributed by atoms with E-state index >= 15 is 0 Å². The van der Waals surface area contributed by atoms with Crippen LogP contribution < -0.4 is 16.4 Å². The van der Waals surface area contributed by atoms with Crippen molar-refractivity contribution in [2.45, 2.75) is 57.3 Å². The number of pyridine rings is 2. The average Bonchev–Trinajstić information content (AvgIpc) is 3.30. The zero-order chi connectivity index (χ0) is 26.7. The number of fused-ring (bicyclic) bond motifs is 1. The zero-order valence-electron chi connectivity index (χ0n) is 20.7. The summed E-state index contributed by atoms with van der Waals surface area (Å²) in [6.45, 7) is 2.32. The van der Waals surface area contributed by atoms with E-state index in [0.717, 1.165) is 5.39 Å². The number of carbonyl (C=O) groups is 2. The van der Waals surface area contributed by atoms with Crippen molar-refractivity contribution in [3.05, 3.63) is 47.9 Å². The molecule has 3 aromatic heterocycles. The molecule has 0 aliphatic heterocycles. The third-order valence-electron chi connectivity index (χ3n) is 6.73. The van der Waals surface area contributed by atoms with Crippen LogP contribution in [0.4, 0.5) is 10.1 Å². The fourth-order valence-electron chi connectivity index (χ4n) is 4.42. The number of aliphatic hydroxyl groups is 1. The lowest BCUT2D eigenvalue weighted by Gasteiger charge is -2.29. The molecule has 0 radical (unpaired) electrons. The van der Waals surface area contributed by atoms with Crippen LogP contribution in [0.25, 0.3) is 16.9 Å². The third-order valence-corrected chi connectivity index (χ3v) is 6.73. The van der Waals surface area contributed by atoms with Crippen LogP contribution in [0.3, 0.4) is 0 Å². The third kappa shape index (κ3) is 5.86. The molecule has 1 unspecified atom stereocenters. The van der Waals surface area contributed by atoms with E-state index in [1.807, 2.05) is 6.07 Å². The Morgan fingerprint density at radius 2 is 2.00 bits per heavy atom. The van der Waals surface area contributed by atoms with Crippen molar-refractivity contribution in [3.8, 4) is 11.9 Å². The summed E-state index contributed by atoms with van der Waals surface area (Å²) in [6.07, 6.45) is 5.70. The van der Waals surface area contributed by atoms with E-state index in [9.17, 15) is 19.1 Å². The lowest BCUT2D eigenvalue weighted by Crippen LogP contribution is -2.42. The van der Waals surface area contributed by atoms with E-state index in [0.29, 0.717) is 48.4 Å². The molecule has 3 aromatic rings. The molecule has 0 spiro atoms. The maximum Gasteiger partial charge on any atom is 0.255 e. The summed E-state index contributed by atoms with van der Waals surface area (Å²) in [4.78, 5) is 33.4. The Morgan fingerprint density at radius 3 is 2.65 bits per heavy atom. The fourth-order valence-corrected chi connectivity index (χ4v) is 4.42. The Bertz CT molecular complexity index is 1350. The summed E-state index contributed by atoms with van der Waals surface area (Å²) in [5.41, 5.74) is 5.63. The topological polar surface area (TPSA) is 159 Å².